The Kier molecular flexibility index (Phi) is 5.40. The van der Waals surface area contributed by atoms with Crippen LogP contribution in [0.25, 0.3) is 0 Å². The topological polar surface area (TPSA) is 12.0 Å². The van der Waals surface area contributed by atoms with E-state index in [-0.39, 0.29) is 0 Å². The van der Waals surface area contributed by atoms with E-state index in [4.69, 9.17) is 0 Å². The maximum absolute atomic E-state index is 3.74. The molecule has 0 aliphatic heterocycles. The Labute approximate surface area is 109 Å². The minimum atomic E-state index is 0.743. The highest BCUT2D eigenvalue weighted by molar-refractivity contribution is 7.98. The third-order valence-electron chi connectivity index (χ3n) is 3.63. The summed E-state index contributed by atoms with van der Waals surface area (Å²) in [5, 5.41) is 3.74. The molecule has 0 bridgehead atoms. The van der Waals surface area contributed by atoms with Crippen molar-refractivity contribution < 1.29 is 0 Å². The Hall–Kier alpha value is -0.470. The lowest BCUT2D eigenvalue weighted by atomic mass is 10.1. The zero-order valence-corrected chi connectivity index (χ0v) is 11.6. The van der Waals surface area contributed by atoms with Crippen LogP contribution in [0.3, 0.4) is 0 Å². The van der Waals surface area contributed by atoms with Crippen molar-refractivity contribution in [2.45, 2.75) is 56.0 Å². The highest BCUT2D eigenvalue weighted by Crippen LogP contribution is 2.21. The van der Waals surface area contributed by atoms with Crippen molar-refractivity contribution >= 4 is 11.8 Å². The van der Waals surface area contributed by atoms with Gasteiger partial charge in [-0.2, -0.15) is 0 Å². The molecule has 1 fully saturated rings. The van der Waals surface area contributed by atoms with Gasteiger partial charge >= 0.3 is 0 Å². The molecule has 2 rings (SSSR count). The SMILES string of the molecule is CSc1ccccc1CNC1CCCCCC1. The molecule has 2 heteroatoms. The van der Waals surface area contributed by atoms with Gasteiger partial charge in [0.05, 0.1) is 0 Å². The second-order valence-corrected chi connectivity index (χ2v) is 5.73. The zero-order valence-electron chi connectivity index (χ0n) is 10.7. The van der Waals surface area contributed by atoms with Crippen LogP contribution < -0.4 is 5.32 Å². The van der Waals surface area contributed by atoms with Crippen LogP contribution in [0.2, 0.25) is 0 Å². The average Bonchev–Trinajstić information content (AvgIpc) is 2.65. The number of nitrogens with one attached hydrogen (secondary N) is 1. The molecule has 1 nitrogen and oxygen atoms in total. The molecule has 17 heavy (non-hydrogen) atoms. The molecule has 0 unspecified atom stereocenters. The van der Waals surface area contributed by atoms with Gasteiger partial charge in [0, 0.05) is 17.5 Å². The van der Waals surface area contributed by atoms with E-state index < -0.39 is 0 Å². The number of thioether (sulfide) groups is 1. The summed E-state index contributed by atoms with van der Waals surface area (Å²) < 4.78 is 0. The number of hydrogen-bond donors (Lipinski definition) is 1. The molecule has 0 radical (unpaired) electrons. The van der Waals surface area contributed by atoms with Crippen molar-refractivity contribution in [3.8, 4) is 0 Å². The molecule has 1 aromatic carbocycles. The van der Waals surface area contributed by atoms with E-state index in [1.807, 2.05) is 11.8 Å². The van der Waals surface area contributed by atoms with E-state index in [1.54, 1.807) is 0 Å². The summed E-state index contributed by atoms with van der Waals surface area (Å²) in [6.45, 7) is 1.03. The van der Waals surface area contributed by atoms with Crippen LogP contribution in [0.4, 0.5) is 0 Å². The van der Waals surface area contributed by atoms with E-state index in [2.05, 4.69) is 35.8 Å². The number of benzene rings is 1. The molecule has 0 amide bonds. The molecule has 1 aromatic rings. The molecule has 1 saturated carbocycles. The van der Waals surface area contributed by atoms with Crippen molar-refractivity contribution in [1.82, 2.24) is 5.32 Å². The highest BCUT2D eigenvalue weighted by Gasteiger charge is 2.11. The Morgan fingerprint density at radius 1 is 1.12 bits per heavy atom. The van der Waals surface area contributed by atoms with E-state index in [1.165, 1.54) is 49.0 Å². The molecule has 1 N–H and O–H groups in total. The molecular weight excluding hydrogens is 226 g/mol. The first-order valence-corrected chi connectivity index (χ1v) is 7.98. The van der Waals surface area contributed by atoms with Crippen LogP contribution in [-0.2, 0) is 6.54 Å². The van der Waals surface area contributed by atoms with Gasteiger partial charge in [-0.3, -0.25) is 0 Å². The summed E-state index contributed by atoms with van der Waals surface area (Å²) in [5.41, 5.74) is 1.45. The molecule has 0 heterocycles. The molecular formula is C15H23NS. The lowest BCUT2D eigenvalue weighted by Crippen LogP contribution is -2.28. The van der Waals surface area contributed by atoms with Crippen LogP contribution >= 0.6 is 11.8 Å². The first kappa shape index (κ1) is 13.0. The van der Waals surface area contributed by atoms with Gasteiger partial charge in [-0.25, -0.2) is 0 Å². The van der Waals surface area contributed by atoms with Crippen LogP contribution in [0, 0.1) is 0 Å². The molecule has 0 spiro atoms. The van der Waals surface area contributed by atoms with E-state index in [9.17, 15) is 0 Å². The van der Waals surface area contributed by atoms with Crippen molar-refractivity contribution in [2.24, 2.45) is 0 Å². The van der Waals surface area contributed by atoms with Crippen molar-refractivity contribution in [2.75, 3.05) is 6.26 Å². The minimum absolute atomic E-state index is 0.743. The second kappa shape index (κ2) is 7.07. The van der Waals surface area contributed by atoms with Crippen LogP contribution in [0.1, 0.15) is 44.1 Å². The number of hydrogen-bond acceptors (Lipinski definition) is 2. The molecule has 94 valence electrons. The summed E-state index contributed by atoms with van der Waals surface area (Å²) in [5.74, 6) is 0. The van der Waals surface area contributed by atoms with Gasteiger partial charge in [0.2, 0.25) is 0 Å². The fourth-order valence-corrected chi connectivity index (χ4v) is 3.20. The monoisotopic (exact) mass is 249 g/mol. The predicted octanol–water partition coefficient (Wildman–Crippen LogP) is 4.22. The standard InChI is InChI=1S/C15H23NS/c1-17-15-11-7-6-8-13(15)12-16-14-9-4-2-3-5-10-14/h6-8,11,14,16H,2-5,9-10,12H2,1H3. The summed E-state index contributed by atoms with van der Waals surface area (Å²) >= 11 is 1.85. The van der Waals surface area contributed by atoms with E-state index >= 15 is 0 Å². The zero-order chi connectivity index (χ0) is 11.9. The quantitative estimate of drug-likeness (QED) is 0.633. The van der Waals surface area contributed by atoms with Gasteiger partial charge in [-0.05, 0) is 30.7 Å². The predicted molar refractivity (Wildman–Crippen MR) is 76.6 cm³/mol. The second-order valence-electron chi connectivity index (χ2n) is 4.88. The smallest absolute Gasteiger partial charge is 0.0219 e. The van der Waals surface area contributed by atoms with E-state index in [0.717, 1.165) is 12.6 Å². The molecule has 1 aliphatic rings. The Morgan fingerprint density at radius 2 is 1.82 bits per heavy atom. The van der Waals surface area contributed by atoms with Gasteiger partial charge in [0.1, 0.15) is 0 Å². The maximum atomic E-state index is 3.74. The maximum Gasteiger partial charge on any atom is 0.0219 e. The normalized spacial score (nSPS) is 17.9. The summed E-state index contributed by atoms with van der Waals surface area (Å²) in [6.07, 6.45) is 10.6. The molecule has 0 aromatic heterocycles. The molecule has 0 saturated heterocycles. The van der Waals surface area contributed by atoms with Gasteiger partial charge in [0.25, 0.3) is 0 Å². The first-order chi connectivity index (χ1) is 8.40. The molecule has 0 atom stereocenters. The van der Waals surface area contributed by atoms with Gasteiger partial charge < -0.3 is 5.32 Å². The third kappa shape index (κ3) is 4.04. The van der Waals surface area contributed by atoms with Crippen molar-refractivity contribution in [3.05, 3.63) is 29.8 Å². The van der Waals surface area contributed by atoms with E-state index in [0.29, 0.717) is 0 Å². The lowest BCUT2D eigenvalue weighted by molar-refractivity contribution is 0.457. The Bertz CT molecular complexity index is 329. The average molecular weight is 249 g/mol. The summed E-state index contributed by atoms with van der Waals surface area (Å²) in [4.78, 5) is 1.41. The minimum Gasteiger partial charge on any atom is -0.310 e. The number of rotatable bonds is 4. The fraction of sp³-hybridized carbons (Fsp3) is 0.600. The van der Waals surface area contributed by atoms with Crippen molar-refractivity contribution in [1.29, 1.82) is 0 Å². The van der Waals surface area contributed by atoms with Crippen molar-refractivity contribution in [3.63, 3.8) is 0 Å². The summed E-state index contributed by atoms with van der Waals surface area (Å²) in [7, 11) is 0. The fourth-order valence-electron chi connectivity index (χ4n) is 2.59. The Balaban J connectivity index is 1.87. The molecule has 1 aliphatic carbocycles. The van der Waals surface area contributed by atoms with Gasteiger partial charge in [-0.15, -0.1) is 11.8 Å². The van der Waals surface area contributed by atoms with Crippen LogP contribution in [0.15, 0.2) is 29.2 Å². The van der Waals surface area contributed by atoms with Crippen LogP contribution in [-0.4, -0.2) is 12.3 Å². The largest absolute Gasteiger partial charge is 0.310 e. The van der Waals surface area contributed by atoms with Crippen LogP contribution in [0.5, 0.6) is 0 Å². The van der Waals surface area contributed by atoms with Gasteiger partial charge in [-0.1, -0.05) is 43.9 Å². The third-order valence-corrected chi connectivity index (χ3v) is 4.47. The first-order valence-electron chi connectivity index (χ1n) is 6.75. The van der Waals surface area contributed by atoms with Gasteiger partial charge in [0.15, 0.2) is 0 Å². The highest BCUT2D eigenvalue weighted by atomic mass is 32.2. The Morgan fingerprint density at radius 3 is 2.53 bits per heavy atom. The lowest BCUT2D eigenvalue weighted by Gasteiger charge is -2.17. The summed E-state index contributed by atoms with van der Waals surface area (Å²) in [6, 6.07) is 9.47.